The number of nitrogens with one attached hydrogen (secondary N) is 2. The fourth-order valence-corrected chi connectivity index (χ4v) is 3.08. The number of benzene rings is 1. The summed E-state index contributed by atoms with van der Waals surface area (Å²) < 4.78 is 0. The van der Waals surface area contributed by atoms with Crippen LogP contribution in [0.25, 0.3) is 0 Å². The topological polar surface area (TPSA) is 56.7 Å². The van der Waals surface area contributed by atoms with Crippen molar-refractivity contribution >= 4 is 11.9 Å². The van der Waals surface area contributed by atoms with Crippen LogP contribution < -0.4 is 10.6 Å². The molecule has 0 aromatic heterocycles. The largest absolute Gasteiger partial charge is 0.357 e. The van der Waals surface area contributed by atoms with Crippen LogP contribution in [0.15, 0.2) is 35.3 Å². The zero-order chi connectivity index (χ0) is 18.1. The van der Waals surface area contributed by atoms with Crippen LogP contribution in [0, 0.1) is 0 Å². The molecule has 25 heavy (non-hydrogen) atoms. The highest BCUT2D eigenvalue weighted by Gasteiger charge is 2.43. The summed E-state index contributed by atoms with van der Waals surface area (Å²) in [4.78, 5) is 18.7. The van der Waals surface area contributed by atoms with Crippen molar-refractivity contribution in [1.29, 1.82) is 0 Å². The number of rotatable bonds is 9. The molecule has 5 heteroatoms. The summed E-state index contributed by atoms with van der Waals surface area (Å²) >= 11 is 0. The Bertz CT molecular complexity index is 562. The smallest absolute Gasteiger partial charge is 0.224 e. The molecule has 2 N–H and O–H groups in total. The molecule has 0 unspecified atom stereocenters. The van der Waals surface area contributed by atoms with Crippen molar-refractivity contribution < 1.29 is 4.79 Å². The lowest BCUT2D eigenvalue weighted by atomic mass is 9.96. The van der Waals surface area contributed by atoms with Gasteiger partial charge in [0.25, 0.3) is 0 Å². The van der Waals surface area contributed by atoms with E-state index in [1.54, 1.807) is 0 Å². The van der Waals surface area contributed by atoms with Crippen LogP contribution in [0.3, 0.4) is 0 Å². The van der Waals surface area contributed by atoms with Crippen molar-refractivity contribution in [2.75, 3.05) is 32.7 Å². The van der Waals surface area contributed by atoms with E-state index in [1.165, 1.54) is 18.4 Å². The molecule has 2 rings (SSSR count). The van der Waals surface area contributed by atoms with Crippen LogP contribution in [0.2, 0.25) is 0 Å². The van der Waals surface area contributed by atoms with Gasteiger partial charge in [-0.25, -0.2) is 0 Å². The SMILES string of the molecule is CCNC(=NCC1(c2ccccc2)CC1)NCCC(=O)N(CC)CC. The standard InChI is InChI=1S/C20H32N4O/c1-4-21-19(22-15-12-18(25)24(5-2)6-3)23-16-20(13-14-20)17-10-8-7-9-11-17/h7-11H,4-6,12-16H2,1-3H3,(H2,21,22,23). The Labute approximate surface area is 151 Å². The van der Waals surface area contributed by atoms with Crippen LogP contribution in [-0.4, -0.2) is 49.5 Å². The lowest BCUT2D eigenvalue weighted by Crippen LogP contribution is -2.40. The molecule has 0 radical (unpaired) electrons. The number of carbonyl (C=O) groups is 1. The third-order valence-corrected chi connectivity index (χ3v) is 4.87. The molecule has 1 aliphatic carbocycles. The first kappa shape index (κ1) is 19.3. The summed E-state index contributed by atoms with van der Waals surface area (Å²) in [6, 6.07) is 10.7. The van der Waals surface area contributed by atoms with Gasteiger partial charge in [-0.2, -0.15) is 0 Å². The molecular formula is C20H32N4O. The van der Waals surface area contributed by atoms with Crippen molar-refractivity contribution in [3.8, 4) is 0 Å². The normalized spacial score (nSPS) is 15.6. The van der Waals surface area contributed by atoms with E-state index in [0.29, 0.717) is 13.0 Å². The van der Waals surface area contributed by atoms with Crippen molar-refractivity contribution in [2.45, 2.75) is 45.4 Å². The predicted molar refractivity (Wildman–Crippen MR) is 104 cm³/mol. The molecule has 1 aromatic rings. The number of hydrogen-bond donors (Lipinski definition) is 2. The van der Waals surface area contributed by atoms with Crippen LogP contribution in [0.1, 0.15) is 45.6 Å². The highest BCUT2D eigenvalue weighted by molar-refractivity contribution is 5.81. The number of carbonyl (C=O) groups excluding carboxylic acids is 1. The third kappa shape index (κ3) is 5.48. The molecule has 0 bridgehead atoms. The van der Waals surface area contributed by atoms with Gasteiger partial charge in [-0.15, -0.1) is 0 Å². The lowest BCUT2D eigenvalue weighted by molar-refractivity contribution is -0.130. The molecule has 0 spiro atoms. The Hall–Kier alpha value is -2.04. The van der Waals surface area contributed by atoms with Gasteiger partial charge in [0, 0.05) is 38.0 Å². The minimum Gasteiger partial charge on any atom is -0.357 e. The van der Waals surface area contributed by atoms with Gasteiger partial charge in [0.05, 0.1) is 6.54 Å². The van der Waals surface area contributed by atoms with Crippen LogP contribution in [0.4, 0.5) is 0 Å². The van der Waals surface area contributed by atoms with E-state index in [1.807, 2.05) is 18.7 Å². The maximum absolute atomic E-state index is 12.1. The summed E-state index contributed by atoms with van der Waals surface area (Å²) in [6.07, 6.45) is 2.89. The summed E-state index contributed by atoms with van der Waals surface area (Å²) in [5.74, 6) is 0.994. The van der Waals surface area contributed by atoms with Gasteiger partial charge in [-0.1, -0.05) is 30.3 Å². The Morgan fingerprint density at radius 1 is 1.12 bits per heavy atom. The Morgan fingerprint density at radius 2 is 1.80 bits per heavy atom. The van der Waals surface area contributed by atoms with E-state index in [-0.39, 0.29) is 11.3 Å². The molecule has 1 amide bonds. The Kier molecular flexibility index (Phi) is 7.29. The predicted octanol–water partition coefficient (Wildman–Crippen LogP) is 2.53. The van der Waals surface area contributed by atoms with E-state index in [9.17, 15) is 4.79 Å². The van der Waals surface area contributed by atoms with Crippen LogP contribution in [0.5, 0.6) is 0 Å². The van der Waals surface area contributed by atoms with Gasteiger partial charge in [-0.05, 0) is 39.2 Å². The second kappa shape index (κ2) is 9.44. The van der Waals surface area contributed by atoms with Crippen molar-refractivity contribution in [2.24, 2.45) is 4.99 Å². The number of nitrogens with zero attached hydrogens (tertiary/aromatic N) is 2. The summed E-state index contributed by atoms with van der Waals surface area (Å²) in [5.41, 5.74) is 1.59. The Balaban J connectivity index is 1.88. The van der Waals surface area contributed by atoms with Crippen molar-refractivity contribution in [3.05, 3.63) is 35.9 Å². The average molecular weight is 345 g/mol. The van der Waals surface area contributed by atoms with Gasteiger partial charge >= 0.3 is 0 Å². The second-order valence-electron chi connectivity index (χ2n) is 6.58. The number of hydrogen-bond acceptors (Lipinski definition) is 2. The van der Waals surface area contributed by atoms with E-state index in [0.717, 1.165) is 32.1 Å². The van der Waals surface area contributed by atoms with Gasteiger partial charge in [0.2, 0.25) is 5.91 Å². The third-order valence-electron chi connectivity index (χ3n) is 4.87. The van der Waals surface area contributed by atoms with Gasteiger partial charge in [0.1, 0.15) is 0 Å². The maximum atomic E-state index is 12.1. The molecule has 0 aliphatic heterocycles. The van der Waals surface area contributed by atoms with Crippen molar-refractivity contribution in [3.63, 3.8) is 0 Å². The van der Waals surface area contributed by atoms with E-state index in [2.05, 4.69) is 47.9 Å². The first-order chi connectivity index (χ1) is 12.1. The number of aliphatic imine (C=N–C) groups is 1. The van der Waals surface area contributed by atoms with E-state index in [4.69, 9.17) is 4.99 Å². The highest BCUT2D eigenvalue weighted by atomic mass is 16.2. The maximum Gasteiger partial charge on any atom is 0.224 e. The van der Waals surface area contributed by atoms with E-state index >= 15 is 0 Å². The summed E-state index contributed by atoms with van der Waals surface area (Å²) in [5, 5.41) is 6.58. The molecule has 138 valence electrons. The number of amides is 1. The molecule has 1 saturated carbocycles. The monoisotopic (exact) mass is 344 g/mol. The van der Waals surface area contributed by atoms with E-state index < -0.39 is 0 Å². The molecule has 0 atom stereocenters. The molecular weight excluding hydrogens is 312 g/mol. The zero-order valence-corrected chi connectivity index (χ0v) is 15.8. The number of guanidine groups is 1. The fourth-order valence-electron chi connectivity index (χ4n) is 3.08. The lowest BCUT2D eigenvalue weighted by Gasteiger charge is -2.19. The summed E-state index contributed by atoms with van der Waals surface area (Å²) in [6.45, 7) is 9.83. The van der Waals surface area contributed by atoms with Crippen LogP contribution >= 0.6 is 0 Å². The molecule has 0 heterocycles. The molecule has 1 aromatic carbocycles. The minimum atomic E-state index is 0.191. The second-order valence-corrected chi connectivity index (χ2v) is 6.58. The van der Waals surface area contributed by atoms with Gasteiger partial charge in [0.15, 0.2) is 5.96 Å². The molecule has 0 saturated heterocycles. The van der Waals surface area contributed by atoms with Gasteiger partial charge in [-0.3, -0.25) is 9.79 Å². The fraction of sp³-hybridized carbons (Fsp3) is 0.600. The summed E-state index contributed by atoms with van der Waals surface area (Å²) in [7, 11) is 0. The quantitative estimate of drug-likeness (QED) is 0.535. The minimum absolute atomic E-state index is 0.191. The van der Waals surface area contributed by atoms with Crippen LogP contribution in [-0.2, 0) is 10.2 Å². The first-order valence-electron chi connectivity index (χ1n) is 9.50. The Morgan fingerprint density at radius 3 is 2.36 bits per heavy atom. The average Bonchev–Trinajstić information content (AvgIpc) is 3.43. The molecule has 5 nitrogen and oxygen atoms in total. The first-order valence-corrected chi connectivity index (χ1v) is 9.50. The molecule has 1 aliphatic rings. The highest BCUT2D eigenvalue weighted by Crippen LogP contribution is 2.48. The molecule has 1 fully saturated rings. The zero-order valence-electron chi connectivity index (χ0n) is 15.8. The van der Waals surface area contributed by atoms with Crippen molar-refractivity contribution in [1.82, 2.24) is 15.5 Å². The van der Waals surface area contributed by atoms with Gasteiger partial charge < -0.3 is 15.5 Å².